The van der Waals surface area contributed by atoms with Crippen LogP contribution < -0.4 is 0 Å². The Balaban J connectivity index is 4.04. The van der Waals surface area contributed by atoms with E-state index >= 15 is 0 Å². The number of esters is 1. The van der Waals surface area contributed by atoms with Crippen molar-refractivity contribution < 1.29 is 19.0 Å². The lowest BCUT2D eigenvalue weighted by Gasteiger charge is -2.28. The summed E-state index contributed by atoms with van der Waals surface area (Å²) in [5, 5.41) is 0. The van der Waals surface area contributed by atoms with Gasteiger partial charge in [-0.3, -0.25) is 0 Å². The van der Waals surface area contributed by atoms with Crippen LogP contribution in [-0.4, -0.2) is 31.1 Å². The minimum atomic E-state index is -0.570. The zero-order valence-electron chi connectivity index (χ0n) is 10.8. The summed E-state index contributed by atoms with van der Waals surface area (Å²) in [5.41, 5.74) is -0.187. The van der Waals surface area contributed by atoms with Gasteiger partial charge in [-0.15, -0.1) is 0 Å². The topological polar surface area (TPSA) is 44.8 Å². The number of rotatable bonds is 7. The Morgan fingerprint density at radius 1 is 1.44 bits per heavy atom. The van der Waals surface area contributed by atoms with Crippen LogP contribution in [0.25, 0.3) is 0 Å². The monoisotopic (exact) mass is 230 g/mol. The molecule has 94 valence electrons. The van der Waals surface area contributed by atoms with Crippen LogP contribution >= 0.6 is 0 Å². The smallest absolute Gasteiger partial charge is 0.333 e. The van der Waals surface area contributed by atoms with Crippen molar-refractivity contribution in [1.29, 1.82) is 0 Å². The molecule has 1 unspecified atom stereocenters. The number of carbonyl (C=O) groups excluding carboxylic acids is 1. The number of carbonyl (C=O) groups is 1. The lowest BCUT2D eigenvalue weighted by Crippen LogP contribution is -2.36. The quantitative estimate of drug-likeness (QED) is 0.382. The maximum absolute atomic E-state index is 11.2. The highest BCUT2D eigenvalue weighted by Crippen LogP contribution is 2.14. The van der Waals surface area contributed by atoms with Crippen molar-refractivity contribution in [1.82, 2.24) is 0 Å². The molecule has 0 spiro atoms. The lowest BCUT2D eigenvalue weighted by molar-refractivity contribution is -0.204. The van der Waals surface area contributed by atoms with E-state index in [-0.39, 0.29) is 12.9 Å². The Hall–Kier alpha value is -0.870. The minimum absolute atomic E-state index is 0.177. The van der Waals surface area contributed by atoms with E-state index in [1.165, 1.54) is 0 Å². The summed E-state index contributed by atoms with van der Waals surface area (Å²) < 4.78 is 15.9. The van der Waals surface area contributed by atoms with Gasteiger partial charge in [0.15, 0.2) is 6.29 Å². The molecule has 0 radical (unpaired) electrons. The van der Waals surface area contributed by atoms with Crippen LogP contribution in [-0.2, 0) is 19.0 Å². The van der Waals surface area contributed by atoms with Crippen molar-refractivity contribution in [2.75, 3.05) is 13.2 Å². The summed E-state index contributed by atoms with van der Waals surface area (Å²) in [6, 6.07) is 0. The van der Waals surface area contributed by atoms with Crippen LogP contribution in [0.4, 0.5) is 0 Å². The summed E-state index contributed by atoms with van der Waals surface area (Å²) in [5.74, 6) is -0.402. The van der Waals surface area contributed by atoms with Gasteiger partial charge in [0.1, 0.15) is 6.61 Å². The van der Waals surface area contributed by atoms with Crippen LogP contribution in [0.2, 0.25) is 0 Å². The second kappa shape index (κ2) is 6.66. The normalized spacial score (nSPS) is 13.3. The molecular formula is C12H22O4. The van der Waals surface area contributed by atoms with E-state index in [0.717, 1.165) is 0 Å². The first-order valence-electron chi connectivity index (χ1n) is 5.40. The van der Waals surface area contributed by atoms with Gasteiger partial charge in [-0.25, -0.2) is 4.79 Å². The van der Waals surface area contributed by atoms with Crippen LogP contribution in [0.3, 0.4) is 0 Å². The summed E-state index contributed by atoms with van der Waals surface area (Å²) in [6.45, 7) is 13.3. The highest BCUT2D eigenvalue weighted by molar-refractivity contribution is 5.86. The average molecular weight is 230 g/mol. The van der Waals surface area contributed by atoms with Gasteiger partial charge in [0, 0.05) is 12.2 Å². The van der Waals surface area contributed by atoms with Gasteiger partial charge in [-0.05, 0) is 34.6 Å². The minimum Gasteiger partial charge on any atom is -0.459 e. The molecule has 1 atom stereocenters. The first-order chi connectivity index (χ1) is 7.28. The SMILES string of the molecule is C=C(C)C(=O)OCC(C)(C)OC(C)OCC. The molecule has 0 amide bonds. The van der Waals surface area contributed by atoms with Gasteiger partial charge in [-0.2, -0.15) is 0 Å². The van der Waals surface area contributed by atoms with Gasteiger partial charge < -0.3 is 14.2 Å². The molecule has 0 rings (SSSR count). The molecule has 4 heteroatoms. The second-order valence-electron chi connectivity index (χ2n) is 4.26. The number of hydrogen-bond acceptors (Lipinski definition) is 4. The fourth-order valence-electron chi connectivity index (χ4n) is 1.11. The number of ether oxygens (including phenoxy) is 3. The molecule has 0 aromatic rings. The summed E-state index contributed by atoms with van der Waals surface area (Å²) in [7, 11) is 0. The molecule has 0 aliphatic rings. The van der Waals surface area contributed by atoms with Crippen molar-refractivity contribution in [3.05, 3.63) is 12.2 Å². The Morgan fingerprint density at radius 3 is 2.44 bits per heavy atom. The third-order valence-electron chi connectivity index (χ3n) is 1.79. The van der Waals surface area contributed by atoms with Gasteiger partial charge >= 0.3 is 5.97 Å². The predicted octanol–water partition coefficient (Wildman–Crippen LogP) is 2.28. The molecule has 4 nitrogen and oxygen atoms in total. The molecule has 0 saturated carbocycles. The highest BCUT2D eigenvalue weighted by atomic mass is 16.7. The van der Waals surface area contributed by atoms with E-state index < -0.39 is 11.6 Å². The number of hydrogen-bond donors (Lipinski definition) is 0. The molecule has 0 aromatic carbocycles. The van der Waals surface area contributed by atoms with Crippen LogP contribution in [0.1, 0.15) is 34.6 Å². The van der Waals surface area contributed by atoms with Gasteiger partial charge in [0.25, 0.3) is 0 Å². The van der Waals surface area contributed by atoms with Gasteiger partial charge in [-0.1, -0.05) is 6.58 Å². The fraction of sp³-hybridized carbons (Fsp3) is 0.750. The first kappa shape index (κ1) is 15.1. The van der Waals surface area contributed by atoms with Crippen molar-refractivity contribution >= 4 is 5.97 Å². The fourth-order valence-corrected chi connectivity index (χ4v) is 1.11. The average Bonchev–Trinajstić information content (AvgIpc) is 2.13. The Bertz CT molecular complexity index is 245. The van der Waals surface area contributed by atoms with E-state index in [1.807, 2.05) is 27.7 Å². The zero-order chi connectivity index (χ0) is 12.8. The summed E-state index contributed by atoms with van der Waals surface area (Å²) >= 11 is 0. The first-order valence-corrected chi connectivity index (χ1v) is 5.40. The third-order valence-corrected chi connectivity index (χ3v) is 1.79. The van der Waals surface area contributed by atoms with E-state index in [0.29, 0.717) is 12.2 Å². The molecule has 0 fully saturated rings. The summed E-state index contributed by atoms with van der Waals surface area (Å²) in [4.78, 5) is 11.2. The van der Waals surface area contributed by atoms with E-state index in [2.05, 4.69) is 6.58 Å². The predicted molar refractivity (Wildman–Crippen MR) is 62.0 cm³/mol. The van der Waals surface area contributed by atoms with Gasteiger partial charge in [0.05, 0.1) is 5.60 Å². The second-order valence-corrected chi connectivity index (χ2v) is 4.26. The summed E-state index contributed by atoms with van der Waals surface area (Å²) in [6.07, 6.45) is -0.316. The Labute approximate surface area is 97.6 Å². The maximum atomic E-state index is 11.2. The molecule has 0 bridgehead atoms. The Morgan fingerprint density at radius 2 is 2.00 bits per heavy atom. The largest absolute Gasteiger partial charge is 0.459 e. The molecule has 0 N–H and O–H groups in total. The Kier molecular flexibility index (Phi) is 6.29. The molecule has 16 heavy (non-hydrogen) atoms. The van der Waals surface area contributed by atoms with Crippen LogP contribution in [0.15, 0.2) is 12.2 Å². The van der Waals surface area contributed by atoms with Crippen LogP contribution in [0.5, 0.6) is 0 Å². The molecule has 0 aromatic heterocycles. The third kappa shape index (κ3) is 6.58. The van der Waals surface area contributed by atoms with Gasteiger partial charge in [0.2, 0.25) is 0 Å². The standard InChI is InChI=1S/C12H22O4/c1-7-14-10(4)16-12(5,6)8-15-11(13)9(2)3/h10H,2,7-8H2,1,3-6H3. The molecule has 0 heterocycles. The van der Waals surface area contributed by atoms with Crippen molar-refractivity contribution in [3.8, 4) is 0 Å². The van der Waals surface area contributed by atoms with Crippen LogP contribution in [0, 0.1) is 0 Å². The van der Waals surface area contributed by atoms with Crippen molar-refractivity contribution in [2.24, 2.45) is 0 Å². The van der Waals surface area contributed by atoms with Crippen molar-refractivity contribution in [2.45, 2.75) is 46.5 Å². The van der Waals surface area contributed by atoms with E-state index in [1.54, 1.807) is 6.92 Å². The maximum Gasteiger partial charge on any atom is 0.333 e. The highest BCUT2D eigenvalue weighted by Gasteiger charge is 2.24. The van der Waals surface area contributed by atoms with E-state index in [4.69, 9.17) is 14.2 Å². The molecule has 0 aliphatic heterocycles. The zero-order valence-corrected chi connectivity index (χ0v) is 10.8. The molecular weight excluding hydrogens is 208 g/mol. The molecule has 0 saturated heterocycles. The molecule has 0 aliphatic carbocycles. The lowest BCUT2D eigenvalue weighted by atomic mass is 10.1. The van der Waals surface area contributed by atoms with Crippen molar-refractivity contribution in [3.63, 3.8) is 0 Å². The van der Waals surface area contributed by atoms with E-state index in [9.17, 15) is 4.79 Å².